The Bertz CT molecular complexity index is 1530. The number of halogens is 2. The van der Waals surface area contributed by atoms with Crippen LogP contribution in [0.3, 0.4) is 0 Å². The van der Waals surface area contributed by atoms with Gasteiger partial charge < -0.3 is 45.1 Å². The van der Waals surface area contributed by atoms with Gasteiger partial charge >= 0.3 is 21.7 Å². The fraction of sp³-hybridized carbons (Fsp3) is 0.220. The summed E-state index contributed by atoms with van der Waals surface area (Å²) >= 11 is 0. The van der Waals surface area contributed by atoms with E-state index < -0.39 is 0 Å². The molecule has 0 saturated heterocycles. The SMILES string of the molecule is CCCc1ccc(-c2cccc3[cH-]c(C)cc23)cc1.CCCc1ccc(-c2cccc3[cH-]c(C)cc23)cc1.[CH2-]C[CH2-].[Cl-].[Cl-].[Ti+2]. The second kappa shape index (κ2) is 19.7. The van der Waals surface area contributed by atoms with Crippen LogP contribution in [-0.2, 0) is 34.6 Å². The van der Waals surface area contributed by atoms with Crippen LogP contribution in [0.4, 0.5) is 0 Å². The molecule has 6 aromatic rings. The Hall–Kier alpha value is -2.61. The van der Waals surface area contributed by atoms with Gasteiger partial charge in [-0.15, -0.1) is 69.1 Å². The number of benzene rings is 4. The molecule has 0 saturated carbocycles. The topological polar surface area (TPSA) is 0 Å². The van der Waals surface area contributed by atoms with Gasteiger partial charge in [-0.25, -0.2) is 0 Å². The Morgan fingerprint density at radius 3 is 1.20 bits per heavy atom. The fourth-order valence-electron chi connectivity index (χ4n) is 5.55. The minimum Gasteiger partial charge on any atom is -1.00 e. The van der Waals surface area contributed by atoms with Crippen molar-refractivity contribution in [1.82, 2.24) is 0 Å². The molecule has 0 aliphatic carbocycles. The normalized spacial score (nSPS) is 9.95. The Morgan fingerprint density at radius 1 is 0.545 bits per heavy atom. The van der Waals surface area contributed by atoms with Crippen molar-refractivity contribution < 1.29 is 46.5 Å². The molecular weight excluding hydrogens is 611 g/mol. The predicted octanol–water partition coefficient (Wildman–Crippen LogP) is 6.02. The first-order chi connectivity index (χ1) is 20.0. The number of hydrogen-bond acceptors (Lipinski definition) is 0. The number of fused-ring (bicyclic) bond motifs is 2. The van der Waals surface area contributed by atoms with E-state index in [1.54, 1.807) is 0 Å². The van der Waals surface area contributed by atoms with Crippen LogP contribution < -0.4 is 24.8 Å². The molecule has 0 unspecified atom stereocenters. The summed E-state index contributed by atoms with van der Waals surface area (Å²) in [4.78, 5) is 0. The molecular formula is C41H44Cl2Ti-4. The van der Waals surface area contributed by atoms with Gasteiger partial charge in [0.15, 0.2) is 0 Å². The fourth-order valence-corrected chi connectivity index (χ4v) is 5.55. The van der Waals surface area contributed by atoms with Gasteiger partial charge in [0.25, 0.3) is 0 Å². The molecule has 0 N–H and O–H groups in total. The first kappa shape index (κ1) is 39.4. The third-order valence-electron chi connectivity index (χ3n) is 7.40. The second-order valence-electron chi connectivity index (χ2n) is 10.9. The van der Waals surface area contributed by atoms with Gasteiger partial charge in [0.2, 0.25) is 0 Å². The Kier molecular flexibility index (Phi) is 17.7. The molecule has 0 heterocycles. The first-order valence-corrected chi connectivity index (χ1v) is 15.1. The maximum Gasteiger partial charge on any atom is 2.00 e. The van der Waals surface area contributed by atoms with Crippen LogP contribution in [0.1, 0.15) is 55.4 Å². The molecule has 0 aliphatic heterocycles. The van der Waals surface area contributed by atoms with Crippen molar-refractivity contribution in [2.45, 2.75) is 59.8 Å². The molecule has 0 radical (unpaired) electrons. The molecule has 230 valence electrons. The standard InChI is InChI=1S/2C19H19.C3H6.2ClH.Ti/c2*1-3-5-15-8-10-16(11-9-15)18-7-4-6-17-12-14(2)13-19(17)18;1-3-2;;;/h2*4,6-13H,3,5H2,1-2H3;1-3H2;2*1H;/q2*-1;-2;;;+2/p-2. The van der Waals surface area contributed by atoms with Crippen LogP contribution in [0.25, 0.3) is 43.8 Å². The van der Waals surface area contributed by atoms with E-state index in [1.165, 1.54) is 91.7 Å². The molecule has 0 aromatic heterocycles. The van der Waals surface area contributed by atoms with Crippen molar-refractivity contribution in [3.63, 3.8) is 0 Å². The van der Waals surface area contributed by atoms with E-state index in [2.05, 4.69) is 151 Å². The maximum absolute atomic E-state index is 3.38. The van der Waals surface area contributed by atoms with Gasteiger partial charge in [0.05, 0.1) is 0 Å². The van der Waals surface area contributed by atoms with Crippen LogP contribution in [0.2, 0.25) is 0 Å². The quantitative estimate of drug-likeness (QED) is 0.152. The average Bonchev–Trinajstić information content (AvgIpc) is 3.56. The van der Waals surface area contributed by atoms with E-state index in [0.717, 1.165) is 6.42 Å². The van der Waals surface area contributed by atoms with Crippen LogP contribution in [0.15, 0.2) is 109 Å². The van der Waals surface area contributed by atoms with Gasteiger partial charge in [-0.05, 0) is 35.1 Å². The largest absolute Gasteiger partial charge is 2.00 e. The molecule has 0 nitrogen and oxygen atoms in total. The molecule has 0 spiro atoms. The van der Waals surface area contributed by atoms with Gasteiger partial charge in [-0.3, -0.25) is 0 Å². The first-order valence-electron chi connectivity index (χ1n) is 15.1. The summed E-state index contributed by atoms with van der Waals surface area (Å²) in [7, 11) is 0. The summed E-state index contributed by atoms with van der Waals surface area (Å²) < 4.78 is 0. The Labute approximate surface area is 293 Å². The summed E-state index contributed by atoms with van der Waals surface area (Å²) in [5, 5.41) is 5.41. The van der Waals surface area contributed by atoms with Crippen LogP contribution >= 0.6 is 0 Å². The summed E-state index contributed by atoms with van der Waals surface area (Å²) in [6.45, 7) is 15.5. The Morgan fingerprint density at radius 2 is 0.886 bits per heavy atom. The molecule has 0 amide bonds. The number of aryl methyl sites for hydroxylation is 4. The molecule has 6 rings (SSSR count). The zero-order valence-electron chi connectivity index (χ0n) is 26.6. The van der Waals surface area contributed by atoms with Crippen molar-refractivity contribution in [1.29, 1.82) is 0 Å². The van der Waals surface area contributed by atoms with Crippen molar-refractivity contribution in [3.05, 3.63) is 145 Å². The minimum atomic E-state index is 0. The number of hydrogen-bond donors (Lipinski definition) is 0. The molecule has 0 bridgehead atoms. The van der Waals surface area contributed by atoms with Gasteiger partial charge in [-0.1, -0.05) is 112 Å². The van der Waals surface area contributed by atoms with Crippen molar-refractivity contribution in [2.75, 3.05) is 0 Å². The number of rotatable bonds is 6. The van der Waals surface area contributed by atoms with E-state index >= 15 is 0 Å². The molecule has 6 aromatic carbocycles. The summed E-state index contributed by atoms with van der Waals surface area (Å²) in [6.07, 6.45) is 5.49. The van der Waals surface area contributed by atoms with Gasteiger partial charge in [0.1, 0.15) is 0 Å². The van der Waals surface area contributed by atoms with Gasteiger partial charge in [0, 0.05) is 0 Å². The summed E-state index contributed by atoms with van der Waals surface area (Å²) in [5.74, 6) is 0. The summed E-state index contributed by atoms with van der Waals surface area (Å²) in [5.41, 5.74) is 10.8. The zero-order valence-corrected chi connectivity index (χ0v) is 29.7. The predicted molar refractivity (Wildman–Crippen MR) is 183 cm³/mol. The Balaban J connectivity index is 0.000000380. The van der Waals surface area contributed by atoms with Crippen molar-refractivity contribution in [2.24, 2.45) is 0 Å². The summed E-state index contributed by atoms with van der Waals surface area (Å²) in [6, 6.07) is 40.2. The van der Waals surface area contributed by atoms with Crippen LogP contribution in [-0.4, -0.2) is 0 Å². The van der Waals surface area contributed by atoms with E-state index in [0.29, 0.717) is 0 Å². The molecule has 0 fully saturated rings. The van der Waals surface area contributed by atoms with Crippen LogP contribution in [0, 0.1) is 27.7 Å². The van der Waals surface area contributed by atoms with E-state index in [1.807, 2.05) is 0 Å². The van der Waals surface area contributed by atoms with E-state index in [4.69, 9.17) is 0 Å². The average molecular weight is 656 g/mol. The van der Waals surface area contributed by atoms with E-state index in [-0.39, 0.29) is 46.5 Å². The molecule has 0 aliphatic rings. The van der Waals surface area contributed by atoms with Gasteiger partial charge in [-0.2, -0.15) is 12.1 Å². The second-order valence-corrected chi connectivity index (χ2v) is 10.9. The third-order valence-corrected chi connectivity index (χ3v) is 7.40. The third kappa shape index (κ3) is 10.2. The van der Waals surface area contributed by atoms with Crippen LogP contribution in [0.5, 0.6) is 0 Å². The van der Waals surface area contributed by atoms with Crippen molar-refractivity contribution >= 4 is 21.5 Å². The molecule has 3 heteroatoms. The zero-order chi connectivity index (χ0) is 29.2. The minimum absolute atomic E-state index is 0. The smallest absolute Gasteiger partial charge is 1.00 e. The molecule has 44 heavy (non-hydrogen) atoms. The monoisotopic (exact) mass is 654 g/mol. The van der Waals surface area contributed by atoms with Crippen molar-refractivity contribution in [3.8, 4) is 22.3 Å². The van der Waals surface area contributed by atoms with E-state index in [9.17, 15) is 0 Å². The molecule has 0 atom stereocenters. The maximum atomic E-state index is 3.38.